The molecule has 0 aromatic heterocycles. The van der Waals surface area contributed by atoms with Crippen molar-refractivity contribution >= 4 is 17.5 Å². The van der Waals surface area contributed by atoms with Crippen LogP contribution in [0.5, 0.6) is 0 Å². The molecule has 1 atom stereocenters. The zero-order valence-corrected chi connectivity index (χ0v) is 6.01. The van der Waals surface area contributed by atoms with Gasteiger partial charge in [-0.05, 0) is 0 Å². The molecule has 1 rings (SSSR count). The molecule has 0 aromatic rings. The number of hydrazone groups is 1. The predicted octanol–water partition coefficient (Wildman–Crippen LogP) is -0.0388. The van der Waals surface area contributed by atoms with Gasteiger partial charge in [0.15, 0.2) is 5.50 Å². The van der Waals surface area contributed by atoms with Gasteiger partial charge in [-0.1, -0.05) is 11.6 Å². The fourth-order valence-electron chi connectivity index (χ4n) is 0.541. The number of likely N-dealkylation sites (N-methyl/N-ethyl adjacent to an activating group) is 1. The van der Waals surface area contributed by atoms with Crippen molar-refractivity contribution in [1.29, 1.82) is 0 Å². The lowest BCUT2D eigenvalue weighted by Crippen LogP contribution is -2.33. The highest BCUT2D eigenvalue weighted by Gasteiger charge is 2.24. The van der Waals surface area contributed by atoms with E-state index in [1.165, 1.54) is 7.11 Å². The molecule has 0 spiro atoms. The van der Waals surface area contributed by atoms with Gasteiger partial charge in [-0.15, -0.1) is 5.10 Å². The number of hydrazine groups is 1. The minimum Gasteiger partial charge on any atom is -0.481 e. The minimum atomic E-state index is -0.282. The van der Waals surface area contributed by atoms with E-state index in [9.17, 15) is 0 Å². The molecule has 0 saturated heterocycles. The number of hydrogen-bond acceptors (Lipinski definition) is 4. The molecule has 0 saturated carbocycles. The lowest BCUT2D eigenvalue weighted by atomic mass is 10.6. The molecule has 4 nitrogen and oxygen atoms in total. The molecule has 0 fully saturated rings. The Balaban J connectivity index is 2.55. The number of hydrogen-bond donors (Lipinski definition) is 1. The predicted molar refractivity (Wildman–Crippen MR) is 35.0 cm³/mol. The molecule has 0 amide bonds. The van der Waals surface area contributed by atoms with Crippen molar-refractivity contribution in [1.82, 2.24) is 10.5 Å². The number of rotatable bonds is 0. The molecule has 1 heterocycles. The monoisotopic (exact) mass is 149 g/mol. The lowest BCUT2D eigenvalue weighted by molar-refractivity contribution is 0.273. The van der Waals surface area contributed by atoms with E-state index in [4.69, 9.17) is 16.3 Å². The summed E-state index contributed by atoms with van der Waals surface area (Å²) < 4.78 is 4.81. The molecular formula is C4H8ClN3O. The number of ether oxygens (including phenoxy) is 1. The van der Waals surface area contributed by atoms with Crippen molar-refractivity contribution in [3.8, 4) is 0 Å². The van der Waals surface area contributed by atoms with E-state index in [1.807, 2.05) is 0 Å². The maximum absolute atomic E-state index is 5.74. The van der Waals surface area contributed by atoms with Crippen molar-refractivity contribution in [2.24, 2.45) is 5.10 Å². The molecule has 1 unspecified atom stereocenters. The van der Waals surface area contributed by atoms with Crippen LogP contribution in [0.4, 0.5) is 0 Å². The Bertz CT molecular complexity index is 138. The van der Waals surface area contributed by atoms with Crippen LogP contribution in [0.2, 0.25) is 0 Å². The van der Waals surface area contributed by atoms with Crippen molar-refractivity contribution in [3.05, 3.63) is 0 Å². The zero-order valence-electron chi connectivity index (χ0n) is 5.26. The SMILES string of the molecule is COC1=NNN(C)C1Cl. The van der Waals surface area contributed by atoms with Crippen molar-refractivity contribution in [3.63, 3.8) is 0 Å². The van der Waals surface area contributed by atoms with E-state index < -0.39 is 0 Å². The summed E-state index contributed by atoms with van der Waals surface area (Å²) >= 11 is 5.74. The maximum atomic E-state index is 5.74. The van der Waals surface area contributed by atoms with Gasteiger partial charge in [0.25, 0.3) is 0 Å². The summed E-state index contributed by atoms with van der Waals surface area (Å²) in [6.45, 7) is 0. The van der Waals surface area contributed by atoms with Gasteiger partial charge in [-0.25, -0.2) is 5.53 Å². The molecule has 52 valence electrons. The molecule has 5 heteroatoms. The zero-order chi connectivity index (χ0) is 6.85. The fraction of sp³-hybridized carbons (Fsp3) is 0.750. The molecule has 0 aromatic carbocycles. The third kappa shape index (κ3) is 1.09. The summed E-state index contributed by atoms with van der Waals surface area (Å²) in [5.41, 5.74) is 2.35. The first-order chi connectivity index (χ1) is 4.25. The van der Waals surface area contributed by atoms with Crippen LogP contribution in [0.3, 0.4) is 0 Å². The van der Waals surface area contributed by atoms with Gasteiger partial charge >= 0.3 is 0 Å². The number of nitrogens with one attached hydrogen (secondary N) is 1. The molecule has 1 N–H and O–H groups in total. The normalized spacial score (nSPS) is 27.4. The van der Waals surface area contributed by atoms with E-state index in [0.29, 0.717) is 5.90 Å². The van der Waals surface area contributed by atoms with Crippen LogP contribution in [-0.2, 0) is 4.74 Å². The van der Waals surface area contributed by atoms with Crippen LogP contribution < -0.4 is 5.53 Å². The third-order valence-electron chi connectivity index (χ3n) is 1.07. The Labute approximate surface area is 58.4 Å². The Morgan fingerprint density at radius 1 is 1.89 bits per heavy atom. The molecule has 0 aliphatic carbocycles. The first-order valence-electron chi connectivity index (χ1n) is 2.50. The van der Waals surface area contributed by atoms with E-state index in [-0.39, 0.29) is 5.50 Å². The second-order valence-corrected chi connectivity index (χ2v) is 2.11. The summed E-state index contributed by atoms with van der Waals surface area (Å²) in [4.78, 5) is 0. The first kappa shape index (κ1) is 6.64. The Morgan fingerprint density at radius 2 is 2.56 bits per heavy atom. The van der Waals surface area contributed by atoms with Crippen LogP contribution in [-0.4, -0.2) is 30.6 Å². The van der Waals surface area contributed by atoms with Gasteiger partial charge in [0, 0.05) is 7.05 Å². The molecule has 0 radical (unpaired) electrons. The van der Waals surface area contributed by atoms with Gasteiger partial charge < -0.3 is 4.74 Å². The topological polar surface area (TPSA) is 36.9 Å². The van der Waals surface area contributed by atoms with E-state index in [0.717, 1.165) is 0 Å². The minimum absolute atomic E-state index is 0.282. The van der Waals surface area contributed by atoms with Gasteiger partial charge in [-0.3, -0.25) is 0 Å². The van der Waals surface area contributed by atoms with E-state index >= 15 is 0 Å². The molecule has 9 heavy (non-hydrogen) atoms. The van der Waals surface area contributed by atoms with Crippen LogP contribution >= 0.6 is 11.6 Å². The second-order valence-electron chi connectivity index (χ2n) is 1.70. The summed E-state index contributed by atoms with van der Waals surface area (Å²) in [7, 11) is 3.32. The quantitative estimate of drug-likeness (QED) is 0.388. The van der Waals surface area contributed by atoms with Crippen LogP contribution in [0.1, 0.15) is 0 Å². The maximum Gasteiger partial charge on any atom is 0.242 e. The summed E-state index contributed by atoms with van der Waals surface area (Å²) in [5, 5.41) is 5.39. The van der Waals surface area contributed by atoms with Crippen molar-refractivity contribution in [2.45, 2.75) is 5.50 Å². The summed E-state index contributed by atoms with van der Waals surface area (Å²) in [5.74, 6) is 0.499. The average molecular weight is 150 g/mol. The van der Waals surface area contributed by atoms with Crippen molar-refractivity contribution in [2.75, 3.05) is 14.2 Å². The first-order valence-corrected chi connectivity index (χ1v) is 2.93. The van der Waals surface area contributed by atoms with Gasteiger partial charge in [-0.2, -0.15) is 5.01 Å². The highest BCUT2D eigenvalue weighted by Crippen LogP contribution is 2.07. The van der Waals surface area contributed by atoms with Crippen LogP contribution in [0, 0.1) is 0 Å². The highest BCUT2D eigenvalue weighted by atomic mass is 35.5. The molecule has 0 bridgehead atoms. The second kappa shape index (κ2) is 2.41. The summed E-state index contributed by atoms with van der Waals surface area (Å²) in [6.07, 6.45) is 0. The van der Waals surface area contributed by atoms with E-state index in [2.05, 4.69) is 10.6 Å². The third-order valence-corrected chi connectivity index (χ3v) is 1.55. The average Bonchev–Trinajstić information content (AvgIpc) is 2.15. The van der Waals surface area contributed by atoms with Crippen molar-refractivity contribution < 1.29 is 4.74 Å². The van der Waals surface area contributed by atoms with E-state index in [1.54, 1.807) is 12.1 Å². The molecular weight excluding hydrogens is 142 g/mol. The fourth-order valence-corrected chi connectivity index (χ4v) is 0.722. The van der Waals surface area contributed by atoms with Gasteiger partial charge in [0.05, 0.1) is 7.11 Å². The Hall–Kier alpha value is -0.480. The molecule has 1 aliphatic heterocycles. The van der Waals surface area contributed by atoms with Crippen LogP contribution in [0.25, 0.3) is 0 Å². The molecule has 1 aliphatic rings. The largest absolute Gasteiger partial charge is 0.481 e. The number of alkyl halides is 1. The lowest BCUT2D eigenvalue weighted by Gasteiger charge is -2.10. The summed E-state index contributed by atoms with van der Waals surface area (Å²) in [6, 6.07) is 0. The highest BCUT2D eigenvalue weighted by molar-refractivity contribution is 6.30. The van der Waals surface area contributed by atoms with Gasteiger partial charge in [0.2, 0.25) is 5.90 Å². The smallest absolute Gasteiger partial charge is 0.242 e. The number of methoxy groups -OCH3 is 1. The Morgan fingerprint density at radius 3 is 2.78 bits per heavy atom. The standard InChI is InChI=1S/C4H8ClN3O/c1-8-3(5)4(9-2)6-7-8/h3,7H,1-2H3. The van der Waals surface area contributed by atoms with Gasteiger partial charge in [0.1, 0.15) is 0 Å². The van der Waals surface area contributed by atoms with Crippen LogP contribution in [0.15, 0.2) is 5.10 Å². The Kier molecular flexibility index (Phi) is 1.78. The number of halogens is 1. The number of nitrogens with zero attached hydrogens (tertiary/aromatic N) is 2.